The molecule has 1 aliphatic rings. The van der Waals surface area contributed by atoms with Crippen LogP contribution in [0.2, 0.25) is 0 Å². The number of guanidine groups is 1. The van der Waals surface area contributed by atoms with Gasteiger partial charge in [-0.15, -0.1) is 24.0 Å². The molecule has 1 heterocycles. The number of aliphatic imine (C=N–C) groups is 1. The summed E-state index contributed by atoms with van der Waals surface area (Å²) in [7, 11) is 1.76. The highest BCUT2D eigenvalue weighted by molar-refractivity contribution is 14.0. The topological polar surface area (TPSA) is 54.9 Å². The third-order valence-electron chi connectivity index (χ3n) is 5.11. The molecule has 160 valence electrons. The molecular weight excluding hydrogens is 465 g/mol. The summed E-state index contributed by atoms with van der Waals surface area (Å²) in [6, 6.07) is 10.5. The molecule has 5 nitrogen and oxygen atoms in total. The number of methoxy groups -OCH3 is 1. The van der Waals surface area contributed by atoms with Gasteiger partial charge in [0.25, 0.3) is 0 Å². The fraction of sp³-hybridized carbons (Fsp3) is 0.682. The van der Waals surface area contributed by atoms with E-state index in [4.69, 9.17) is 14.5 Å². The van der Waals surface area contributed by atoms with E-state index in [0.29, 0.717) is 12.5 Å². The van der Waals surface area contributed by atoms with Gasteiger partial charge in [-0.3, -0.25) is 4.99 Å². The summed E-state index contributed by atoms with van der Waals surface area (Å²) < 4.78 is 11.7. The molecule has 0 aromatic heterocycles. The lowest BCUT2D eigenvalue weighted by atomic mass is 9.89. The summed E-state index contributed by atoms with van der Waals surface area (Å²) in [5.74, 6) is 1.28. The maximum atomic E-state index is 6.11. The van der Waals surface area contributed by atoms with Crippen molar-refractivity contribution in [3.8, 4) is 0 Å². The van der Waals surface area contributed by atoms with E-state index >= 15 is 0 Å². The zero-order valence-electron chi connectivity index (χ0n) is 18.0. The van der Waals surface area contributed by atoms with Crippen molar-refractivity contribution >= 4 is 29.9 Å². The number of nitrogens with zero attached hydrogens (tertiary/aromatic N) is 1. The standard InChI is InChI=1S/C22H37N3O2.HI/c1-6-23-21(25-16-19(26-5)22(2,3)4)24-15-18-13-10-14-27-20(18)17-11-8-7-9-12-17;/h7-9,11-12,18-20H,6,10,13-16H2,1-5H3,(H2,23,24,25);1H. The van der Waals surface area contributed by atoms with E-state index in [1.165, 1.54) is 5.56 Å². The number of benzene rings is 1. The van der Waals surface area contributed by atoms with Crippen LogP contribution in [0.15, 0.2) is 35.3 Å². The van der Waals surface area contributed by atoms with E-state index in [0.717, 1.165) is 38.5 Å². The van der Waals surface area contributed by atoms with Crippen molar-refractivity contribution in [1.82, 2.24) is 10.6 Å². The Morgan fingerprint density at radius 2 is 1.96 bits per heavy atom. The largest absolute Gasteiger partial charge is 0.379 e. The van der Waals surface area contributed by atoms with Crippen molar-refractivity contribution in [3.63, 3.8) is 0 Å². The lowest BCUT2D eigenvalue weighted by Crippen LogP contribution is -2.43. The maximum Gasteiger partial charge on any atom is 0.191 e. The number of hydrogen-bond donors (Lipinski definition) is 2. The number of halogens is 1. The van der Waals surface area contributed by atoms with Gasteiger partial charge in [0.05, 0.1) is 18.8 Å². The van der Waals surface area contributed by atoms with Crippen LogP contribution in [0.3, 0.4) is 0 Å². The molecular formula is C22H38IN3O2. The Labute approximate surface area is 188 Å². The molecule has 6 heteroatoms. The molecule has 3 unspecified atom stereocenters. The van der Waals surface area contributed by atoms with E-state index in [1.807, 2.05) is 0 Å². The van der Waals surface area contributed by atoms with Crippen molar-refractivity contribution in [2.45, 2.75) is 52.7 Å². The predicted molar refractivity (Wildman–Crippen MR) is 128 cm³/mol. The van der Waals surface area contributed by atoms with Crippen LogP contribution in [0, 0.1) is 11.3 Å². The summed E-state index contributed by atoms with van der Waals surface area (Å²) >= 11 is 0. The van der Waals surface area contributed by atoms with Crippen molar-refractivity contribution in [2.24, 2.45) is 16.3 Å². The van der Waals surface area contributed by atoms with Crippen molar-refractivity contribution in [3.05, 3.63) is 35.9 Å². The van der Waals surface area contributed by atoms with Gasteiger partial charge in [0, 0.05) is 32.7 Å². The van der Waals surface area contributed by atoms with Crippen LogP contribution < -0.4 is 10.6 Å². The minimum absolute atomic E-state index is 0. The average molecular weight is 503 g/mol. The fourth-order valence-corrected chi connectivity index (χ4v) is 3.51. The molecule has 28 heavy (non-hydrogen) atoms. The van der Waals surface area contributed by atoms with Crippen LogP contribution in [0.4, 0.5) is 0 Å². The maximum absolute atomic E-state index is 6.11. The second kappa shape index (κ2) is 12.6. The van der Waals surface area contributed by atoms with Crippen LogP contribution in [0.5, 0.6) is 0 Å². The second-order valence-corrected chi connectivity index (χ2v) is 8.30. The zero-order valence-corrected chi connectivity index (χ0v) is 20.4. The molecule has 3 atom stereocenters. The Morgan fingerprint density at radius 1 is 1.25 bits per heavy atom. The van der Waals surface area contributed by atoms with Gasteiger partial charge in [0.1, 0.15) is 0 Å². The highest BCUT2D eigenvalue weighted by atomic mass is 127. The Balaban J connectivity index is 0.00000392. The normalized spacial score (nSPS) is 21.5. The van der Waals surface area contributed by atoms with E-state index in [-0.39, 0.29) is 41.6 Å². The first-order valence-electron chi connectivity index (χ1n) is 10.2. The first-order chi connectivity index (χ1) is 13.0. The lowest BCUT2D eigenvalue weighted by Gasteiger charge is -2.33. The van der Waals surface area contributed by atoms with Crippen molar-refractivity contribution < 1.29 is 9.47 Å². The Morgan fingerprint density at radius 3 is 2.57 bits per heavy atom. The van der Waals surface area contributed by atoms with Crippen LogP contribution in [0.1, 0.15) is 52.2 Å². The van der Waals surface area contributed by atoms with Gasteiger partial charge < -0.3 is 20.1 Å². The van der Waals surface area contributed by atoms with Crippen LogP contribution >= 0.6 is 24.0 Å². The molecule has 2 N–H and O–H groups in total. The first-order valence-corrected chi connectivity index (χ1v) is 10.2. The monoisotopic (exact) mass is 503 g/mol. The average Bonchev–Trinajstić information content (AvgIpc) is 2.66. The van der Waals surface area contributed by atoms with Crippen LogP contribution in [-0.2, 0) is 9.47 Å². The van der Waals surface area contributed by atoms with Crippen LogP contribution in [-0.4, -0.2) is 45.4 Å². The molecule has 2 rings (SSSR count). The molecule has 0 aliphatic carbocycles. The molecule has 0 bridgehead atoms. The van der Waals surface area contributed by atoms with Gasteiger partial charge in [0.2, 0.25) is 0 Å². The number of ether oxygens (including phenoxy) is 2. The van der Waals surface area contributed by atoms with E-state index < -0.39 is 0 Å². The Hall–Kier alpha value is -0.860. The summed E-state index contributed by atoms with van der Waals surface area (Å²) in [4.78, 5) is 4.76. The van der Waals surface area contributed by atoms with E-state index in [1.54, 1.807) is 7.11 Å². The second-order valence-electron chi connectivity index (χ2n) is 8.30. The Kier molecular flexibility index (Phi) is 11.4. The minimum atomic E-state index is 0. The minimum Gasteiger partial charge on any atom is -0.379 e. The SMILES string of the molecule is CCNC(=NCC(OC)C(C)(C)C)NCC1CCCOC1c1ccccc1.I. The molecule has 1 aliphatic heterocycles. The first kappa shape index (κ1) is 25.2. The lowest BCUT2D eigenvalue weighted by molar-refractivity contribution is -0.0265. The van der Waals surface area contributed by atoms with Gasteiger partial charge in [-0.25, -0.2) is 0 Å². The van der Waals surface area contributed by atoms with Gasteiger partial charge in [-0.2, -0.15) is 0 Å². The molecule has 1 fully saturated rings. The van der Waals surface area contributed by atoms with Gasteiger partial charge >= 0.3 is 0 Å². The molecule has 1 aromatic carbocycles. The van der Waals surface area contributed by atoms with Crippen molar-refractivity contribution in [1.29, 1.82) is 0 Å². The van der Waals surface area contributed by atoms with Crippen LogP contribution in [0.25, 0.3) is 0 Å². The molecule has 0 spiro atoms. The smallest absolute Gasteiger partial charge is 0.191 e. The number of hydrogen-bond acceptors (Lipinski definition) is 3. The summed E-state index contributed by atoms with van der Waals surface area (Å²) in [5.41, 5.74) is 1.32. The molecule has 0 amide bonds. The molecule has 1 saturated heterocycles. The summed E-state index contributed by atoms with van der Waals surface area (Å²) in [5, 5.41) is 6.87. The summed E-state index contributed by atoms with van der Waals surface area (Å²) in [6.07, 6.45) is 2.51. The quantitative estimate of drug-likeness (QED) is 0.329. The highest BCUT2D eigenvalue weighted by Crippen LogP contribution is 2.33. The number of rotatable bonds is 7. The summed E-state index contributed by atoms with van der Waals surface area (Å²) in [6.45, 7) is 11.8. The molecule has 0 radical (unpaired) electrons. The number of nitrogens with one attached hydrogen (secondary N) is 2. The fourth-order valence-electron chi connectivity index (χ4n) is 3.51. The Bertz CT molecular complexity index is 575. The van der Waals surface area contributed by atoms with Gasteiger partial charge in [0.15, 0.2) is 5.96 Å². The highest BCUT2D eigenvalue weighted by Gasteiger charge is 2.28. The predicted octanol–water partition coefficient (Wildman–Crippen LogP) is 4.39. The third kappa shape index (κ3) is 7.87. The molecule has 0 saturated carbocycles. The van der Waals surface area contributed by atoms with Crippen molar-refractivity contribution in [2.75, 3.05) is 33.4 Å². The van der Waals surface area contributed by atoms with E-state index in [9.17, 15) is 0 Å². The zero-order chi connectivity index (χ0) is 19.7. The third-order valence-corrected chi connectivity index (χ3v) is 5.11. The van der Waals surface area contributed by atoms with E-state index in [2.05, 4.69) is 68.7 Å². The van der Waals surface area contributed by atoms with Gasteiger partial charge in [-0.05, 0) is 30.7 Å². The molecule has 1 aromatic rings. The van der Waals surface area contributed by atoms with Gasteiger partial charge in [-0.1, -0.05) is 51.1 Å².